The summed E-state index contributed by atoms with van der Waals surface area (Å²) in [5, 5.41) is 9.64. The summed E-state index contributed by atoms with van der Waals surface area (Å²) in [6.45, 7) is 3.87. The van der Waals surface area contributed by atoms with E-state index in [9.17, 15) is 14.7 Å². The van der Waals surface area contributed by atoms with Gasteiger partial charge in [-0.1, -0.05) is 248 Å². The van der Waals surface area contributed by atoms with Crippen molar-refractivity contribution in [1.29, 1.82) is 0 Å². The molecule has 0 saturated carbocycles. The number of ether oxygens (including phenoxy) is 2. The maximum atomic E-state index is 12.3. The van der Waals surface area contributed by atoms with Gasteiger partial charge in [-0.25, -0.2) is 0 Å². The zero-order valence-corrected chi connectivity index (χ0v) is 45.9. The number of aliphatic hydroxyl groups excluding tert-OH is 1. The lowest BCUT2D eigenvalue weighted by atomic mass is 10.0. The predicted octanol–water partition coefficient (Wildman–Crippen LogP) is 19.7. The molecule has 5 heteroatoms. The fourth-order valence-electron chi connectivity index (χ4n) is 7.28. The number of carbonyl (C=O) groups is 2. The van der Waals surface area contributed by atoms with Gasteiger partial charge in [0.05, 0.1) is 6.61 Å². The number of allylic oxidation sites excluding steroid dienone is 28. The van der Waals surface area contributed by atoms with Crippen molar-refractivity contribution in [2.24, 2.45) is 0 Å². The van der Waals surface area contributed by atoms with Gasteiger partial charge in [0.25, 0.3) is 0 Å². The molecule has 0 spiro atoms. The van der Waals surface area contributed by atoms with Crippen LogP contribution < -0.4 is 0 Å². The van der Waals surface area contributed by atoms with Gasteiger partial charge in [0, 0.05) is 12.8 Å². The maximum absolute atomic E-state index is 12.3. The van der Waals surface area contributed by atoms with Crippen molar-refractivity contribution in [3.63, 3.8) is 0 Å². The van der Waals surface area contributed by atoms with Crippen LogP contribution in [0, 0.1) is 0 Å². The van der Waals surface area contributed by atoms with Crippen molar-refractivity contribution in [2.45, 2.75) is 225 Å². The number of rotatable bonds is 50. The molecule has 0 aromatic heterocycles. The van der Waals surface area contributed by atoms with Crippen LogP contribution in [0.5, 0.6) is 0 Å². The fraction of sp³-hybridized carbons (Fsp3) is 0.552. The van der Waals surface area contributed by atoms with E-state index in [-0.39, 0.29) is 25.2 Å². The molecule has 0 saturated heterocycles. The fourth-order valence-corrected chi connectivity index (χ4v) is 7.28. The molecule has 1 unspecified atom stereocenters. The number of unbranched alkanes of at least 4 members (excludes halogenated alkanes) is 14. The Labute approximate surface area is 443 Å². The summed E-state index contributed by atoms with van der Waals surface area (Å²) in [5.74, 6) is -0.635. The van der Waals surface area contributed by atoms with Crippen LogP contribution in [0.3, 0.4) is 0 Å². The molecule has 402 valence electrons. The molecule has 0 heterocycles. The van der Waals surface area contributed by atoms with Crippen LogP contribution >= 0.6 is 0 Å². The quantitative estimate of drug-likeness (QED) is 0.0373. The topological polar surface area (TPSA) is 72.8 Å². The average Bonchev–Trinajstić information content (AvgIpc) is 3.38. The van der Waals surface area contributed by atoms with Gasteiger partial charge in [0.1, 0.15) is 6.61 Å². The molecule has 0 rings (SSSR count). The molecule has 0 aliphatic carbocycles. The normalized spacial score (nSPS) is 13.5. The highest BCUT2D eigenvalue weighted by Crippen LogP contribution is 2.14. The summed E-state index contributed by atoms with van der Waals surface area (Å²) in [6, 6.07) is 0. The Morgan fingerprint density at radius 1 is 0.319 bits per heavy atom. The van der Waals surface area contributed by atoms with Gasteiger partial charge in [-0.05, 0) is 128 Å². The first-order valence-corrected chi connectivity index (χ1v) is 28.7. The van der Waals surface area contributed by atoms with Crippen molar-refractivity contribution in [2.75, 3.05) is 13.2 Å². The number of esters is 2. The molecule has 0 radical (unpaired) electrons. The second-order valence-corrected chi connectivity index (χ2v) is 18.2. The standard InChI is InChI=1S/C67H104O5/c1-3-5-7-9-11-13-15-17-19-21-22-23-24-25-26-27-28-29-30-31-32-33-34-35-36-37-38-39-40-41-42-43-44-46-48-50-52-54-56-58-60-62-67(70)72-65(63-68)64-71-66(69)61-59-57-55-53-51-49-47-45-20-18-16-14-12-10-8-6-4-2/h5-8,11-14,17-20,22-23,25-26,28-29,31-32,34-35,37-38,40-41,47,49,65,68H,3-4,9-10,15-16,21,24,27,30,33,36,39,42-46,48,50-64H2,1-2H3/b7-5-,8-6-,13-11-,14-12-,19-17-,20-18-,23-22-,26-25-,29-28-,32-31-,35-34-,38-37-,41-40-,49-47-. The number of carbonyl (C=O) groups excluding carboxylic acids is 2. The van der Waals surface area contributed by atoms with E-state index >= 15 is 0 Å². The Morgan fingerprint density at radius 3 is 0.833 bits per heavy atom. The van der Waals surface area contributed by atoms with Gasteiger partial charge in [-0.3, -0.25) is 9.59 Å². The van der Waals surface area contributed by atoms with Gasteiger partial charge in [0.15, 0.2) is 6.10 Å². The molecular formula is C67H104O5. The summed E-state index contributed by atoms with van der Waals surface area (Å²) in [6.07, 6.45) is 94.7. The van der Waals surface area contributed by atoms with E-state index in [0.29, 0.717) is 12.8 Å². The minimum absolute atomic E-state index is 0.0903. The molecule has 0 fully saturated rings. The molecule has 0 aliphatic heterocycles. The first kappa shape index (κ1) is 67.3. The van der Waals surface area contributed by atoms with E-state index in [1.54, 1.807) is 0 Å². The predicted molar refractivity (Wildman–Crippen MR) is 315 cm³/mol. The molecule has 72 heavy (non-hydrogen) atoms. The second kappa shape index (κ2) is 60.6. The van der Waals surface area contributed by atoms with E-state index in [2.05, 4.69) is 184 Å². The highest BCUT2D eigenvalue weighted by Gasteiger charge is 2.16. The second-order valence-electron chi connectivity index (χ2n) is 18.2. The van der Waals surface area contributed by atoms with E-state index < -0.39 is 6.10 Å². The third-order valence-electron chi connectivity index (χ3n) is 11.5. The Bertz CT molecular complexity index is 1640. The first-order chi connectivity index (χ1) is 35.6. The molecule has 0 aromatic rings. The molecule has 1 N–H and O–H groups in total. The molecule has 1 atom stereocenters. The van der Waals surface area contributed by atoms with Crippen LogP contribution in [-0.2, 0) is 19.1 Å². The monoisotopic (exact) mass is 989 g/mol. The number of aliphatic hydroxyl groups is 1. The van der Waals surface area contributed by atoms with Crippen molar-refractivity contribution >= 4 is 11.9 Å². The molecular weight excluding hydrogens is 885 g/mol. The lowest BCUT2D eigenvalue weighted by Crippen LogP contribution is -2.28. The van der Waals surface area contributed by atoms with Crippen molar-refractivity contribution in [1.82, 2.24) is 0 Å². The highest BCUT2D eigenvalue weighted by molar-refractivity contribution is 5.70. The summed E-state index contributed by atoms with van der Waals surface area (Å²) in [5.41, 5.74) is 0. The molecule has 0 aromatic carbocycles. The largest absolute Gasteiger partial charge is 0.462 e. The Hall–Kier alpha value is -4.74. The average molecular weight is 990 g/mol. The van der Waals surface area contributed by atoms with E-state index in [1.165, 1.54) is 51.4 Å². The van der Waals surface area contributed by atoms with Crippen LogP contribution in [-0.4, -0.2) is 36.4 Å². The van der Waals surface area contributed by atoms with Crippen molar-refractivity contribution in [3.05, 3.63) is 170 Å². The zero-order valence-electron chi connectivity index (χ0n) is 45.9. The minimum Gasteiger partial charge on any atom is -0.462 e. The molecule has 0 bridgehead atoms. The lowest BCUT2D eigenvalue weighted by molar-refractivity contribution is -0.161. The van der Waals surface area contributed by atoms with Gasteiger partial charge >= 0.3 is 11.9 Å². The summed E-state index contributed by atoms with van der Waals surface area (Å²) in [4.78, 5) is 24.5. The van der Waals surface area contributed by atoms with Gasteiger partial charge in [-0.2, -0.15) is 0 Å². The Balaban J connectivity index is 3.62. The summed E-state index contributed by atoms with van der Waals surface area (Å²) >= 11 is 0. The van der Waals surface area contributed by atoms with Crippen LogP contribution in [0.1, 0.15) is 219 Å². The first-order valence-electron chi connectivity index (χ1n) is 28.7. The van der Waals surface area contributed by atoms with Crippen LogP contribution in [0.4, 0.5) is 0 Å². The van der Waals surface area contributed by atoms with E-state index in [0.717, 1.165) is 141 Å². The third-order valence-corrected chi connectivity index (χ3v) is 11.5. The van der Waals surface area contributed by atoms with Crippen molar-refractivity contribution in [3.8, 4) is 0 Å². The minimum atomic E-state index is -0.797. The van der Waals surface area contributed by atoms with E-state index in [1.807, 2.05) is 0 Å². The number of hydrogen-bond acceptors (Lipinski definition) is 5. The van der Waals surface area contributed by atoms with Crippen LogP contribution in [0.2, 0.25) is 0 Å². The Kier molecular flexibility index (Phi) is 56.6. The zero-order chi connectivity index (χ0) is 52.0. The smallest absolute Gasteiger partial charge is 0.306 e. The SMILES string of the molecule is CC/C=C\C/C=C\C/C=C\C/C=C\C/C=C\C/C=C\C/C=C\C/C=C\C/C=C\C/C=C\CCCCCCCCCCCCC(=O)OC(CO)COC(=O)CCCCCC/C=C\C/C=C\C/C=C\C/C=C\CC. The van der Waals surface area contributed by atoms with Gasteiger partial charge in [0.2, 0.25) is 0 Å². The summed E-state index contributed by atoms with van der Waals surface area (Å²) < 4.78 is 10.7. The van der Waals surface area contributed by atoms with E-state index in [4.69, 9.17) is 9.47 Å². The Morgan fingerprint density at radius 2 is 0.556 bits per heavy atom. The van der Waals surface area contributed by atoms with Gasteiger partial charge in [-0.15, -0.1) is 0 Å². The highest BCUT2D eigenvalue weighted by atomic mass is 16.6. The molecule has 0 aliphatic rings. The maximum Gasteiger partial charge on any atom is 0.306 e. The summed E-state index contributed by atoms with van der Waals surface area (Å²) in [7, 11) is 0. The molecule has 5 nitrogen and oxygen atoms in total. The van der Waals surface area contributed by atoms with Gasteiger partial charge < -0.3 is 14.6 Å². The molecule has 0 amide bonds. The third kappa shape index (κ3) is 57.8. The van der Waals surface area contributed by atoms with Crippen molar-refractivity contribution < 1.29 is 24.2 Å². The number of hydrogen-bond donors (Lipinski definition) is 1. The lowest BCUT2D eigenvalue weighted by Gasteiger charge is -2.15. The van der Waals surface area contributed by atoms with Crippen LogP contribution in [0.15, 0.2) is 170 Å². The van der Waals surface area contributed by atoms with Crippen LogP contribution in [0.25, 0.3) is 0 Å².